The van der Waals surface area contributed by atoms with E-state index in [1.54, 1.807) is 0 Å². The van der Waals surface area contributed by atoms with E-state index in [2.05, 4.69) is 27.3 Å². The van der Waals surface area contributed by atoms with Gasteiger partial charge in [0.05, 0.1) is 5.56 Å². The van der Waals surface area contributed by atoms with Crippen LogP contribution in [0.2, 0.25) is 0 Å². The largest absolute Gasteiger partial charge is 0.476 e. The number of ether oxygens (including phenoxy) is 1. The van der Waals surface area contributed by atoms with Crippen molar-refractivity contribution < 1.29 is 19.0 Å². The summed E-state index contributed by atoms with van der Waals surface area (Å²) in [7, 11) is 0. The third kappa shape index (κ3) is 3.82. The van der Waals surface area contributed by atoms with Gasteiger partial charge in [-0.15, -0.1) is 5.10 Å². The lowest BCUT2D eigenvalue weighted by atomic mass is 10.1. The summed E-state index contributed by atoms with van der Waals surface area (Å²) >= 11 is 0. The van der Waals surface area contributed by atoms with Crippen LogP contribution in [-0.2, 0) is 0 Å². The zero-order valence-electron chi connectivity index (χ0n) is 12.1. The molecule has 1 aromatic carbocycles. The molecule has 0 unspecified atom stereocenters. The predicted octanol–water partition coefficient (Wildman–Crippen LogP) is 2.83. The van der Waals surface area contributed by atoms with E-state index in [-0.39, 0.29) is 22.9 Å². The number of carbonyl (C=O) groups is 1. The molecule has 0 bridgehead atoms. The van der Waals surface area contributed by atoms with E-state index in [1.807, 2.05) is 13.8 Å². The smallest absolute Gasteiger partial charge is 0.362 e. The molecule has 1 aromatic heterocycles. The molecule has 0 saturated carbocycles. The van der Waals surface area contributed by atoms with Crippen LogP contribution in [0.25, 0.3) is 0 Å². The van der Waals surface area contributed by atoms with Gasteiger partial charge in [0.2, 0.25) is 5.69 Å². The minimum atomic E-state index is -1.28. The second kappa shape index (κ2) is 6.72. The van der Waals surface area contributed by atoms with Crippen LogP contribution in [0.4, 0.5) is 4.39 Å². The van der Waals surface area contributed by atoms with Gasteiger partial charge in [0.1, 0.15) is 11.6 Å². The first kappa shape index (κ1) is 15.5. The molecule has 2 N–H and O–H groups in total. The Hall–Kier alpha value is -2.88. The molecule has 0 fully saturated rings. The van der Waals surface area contributed by atoms with Crippen LogP contribution in [0, 0.1) is 23.6 Å². The van der Waals surface area contributed by atoms with E-state index < -0.39 is 11.8 Å². The first-order valence-electron chi connectivity index (χ1n) is 6.58. The molecule has 0 amide bonds. The van der Waals surface area contributed by atoms with Crippen LogP contribution in [-0.4, -0.2) is 26.5 Å². The fraction of sp³-hybridized carbons (Fsp3) is 0.267. The molecule has 0 saturated heterocycles. The van der Waals surface area contributed by atoms with Crippen LogP contribution < -0.4 is 4.74 Å². The molecule has 114 valence electrons. The number of carboxylic acid groups (broad SMARTS) is 1. The number of aromatic carboxylic acids is 1. The van der Waals surface area contributed by atoms with E-state index in [9.17, 15) is 9.18 Å². The first-order chi connectivity index (χ1) is 10.5. The highest BCUT2D eigenvalue weighted by atomic mass is 19.1. The summed E-state index contributed by atoms with van der Waals surface area (Å²) in [5.41, 5.74) is -0.167. The number of aromatic nitrogens is 3. The number of benzene rings is 1. The van der Waals surface area contributed by atoms with Gasteiger partial charge in [0, 0.05) is 6.42 Å². The van der Waals surface area contributed by atoms with Crippen molar-refractivity contribution in [2.75, 3.05) is 0 Å². The summed E-state index contributed by atoms with van der Waals surface area (Å²) in [5.74, 6) is 4.39. The van der Waals surface area contributed by atoms with Crippen molar-refractivity contribution in [3.8, 4) is 23.5 Å². The highest BCUT2D eigenvalue weighted by molar-refractivity contribution is 5.87. The van der Waals surface area contributed by atoms with Crippen LogP contribution in [0.5, 0.6) is 11.6 Å². The molecule has 0 radical (unpaired) electrons. The lowest BCUT2D eigenvalue weighted by Gasteiger charge is -2.04. The summed E-state index contributed by atoms with van der Waals surface area (Å²) in [4.78, 5) is 10.9. The lowest BCUT2D eigenvalue weighted by Crippen LogP contribution is -2.00. The molecule has 0 spiro atoms. The minimum Gasteiger partial charge on any atom is -0.476 e. The standard InChI is InChI=1S/C15H14FN3O3/c1-9(2)4-3-5-10-8-11(6-7-12(10)16)22-14-13(15(20)21)17-19-18-14/h6-9H,4H2,1-2H3,(H,20,21)(H,17,18,19). The quantitative estimate of drug-likeness (QED) is 0.848. The number of hydrogen-bond donors (Lipinski definition) is 2. The number of hydrogen-bond acceptors (Lipinski definition) is 4. The van der Waals surface area contributed by atoms with Gasteiger partial charge in [-0.25, -0.2) is 14.3 Å². The number of H-pyrrole nitrogens is 1. The summed E-state index contributed by atoms with van der Waals surface area (Å²) in [6.07, 6.45) is 0.651. The lowest BCUT2D eigenvalue weighted by molar-refractivity contribution is 0.0687. The summed E-state index contributed by atoms with van der Waals surface area (Å²) in [5, 5.41) is 18.0. The number of carboxylic acids is 1. The molecule has 0 aliphatic rings. The summed E-state index contributed by atoms with van der Waals surface area (Å²) in [6.45, 7) is 4.03. The van der Waals surface area contributed by atoms with Crippen molar-refractivity contribution in [2.24, 2.45) is 5.92 Å². The number of halogens is 1. The summed E-state index contributed by atoms with van der Waals surface area (Å²) < 4.78 is 19.0. The maximum absolute atomic E-state index is 13.7. The molecule has 6 nitrogen and oxygen atoms in total. The number of rotatable bonds is 4. The minimum absolute atomic E-state index is 0.125. The highest BCUT2D eigenvalue weighted by Gasteiger charge is 2.17. The molecular weight excluding hydrogens is 289 g/mol. The van der Waals surface area contributed by atoms with Gasteiger partial charge in [-0.3, -0.25) is 0 Å². The van der Waals surface area contributed by atoms with E-state index in [0.717, 1.165) is 0 Å². The zero-order chi connectivity index (χ0) is 16.1. The maximum Gasteiger partial charge on any atom is 0.362 e. The van der Waals surface area contributed by atoms with E-state index in [4.69, 9.17) is 9.84 Å². The Morgan fingerprint density at radius 1 is 1.50 bits per heavy atom. The Morgan fingerprint density at radius 3 is 2.95 bits per heavy atom. The van der Waals surface area contributed by atoms with Crippen LogP contribution >= 0.6 is 0 Å². The van der Waals surface area contributed by atoms with Gasteiger partial charge < -0.3 is 9.84 Å². The first-order valence-corrected chi connectivity index (χ1v) is 6.58. The molecule has 7 heteroatoms. The van der Waals surface area contributed by atoms with Gasteiger partial charge >= 0.3 is 5.97 Å². The van der Waals surface area contributed by atoms with Crippen molar-refractivity contribution in [2.45, 2.75) is 20.3 Å². The second-order valence-corrected chi connectivity index (χ2v) is 4.94. The Balaban J connectivity index is 2.23. The number of nitrogens with zero attached hydrogens (tertiary/aromatic N) is 2. The Labute approximate surface area is 126 Å². The average molecular weight is 303 g/mol. The van der Waals surface area contributed by atoms with E-state index in [1.165, 1.54) is 18.2 Å². The van der Waals surface area contributed by atoms with Gasteiger partial charge in [-0.2, -0.15) is 0 Å². The molecule has 2 rings (SSSR count). The van der Waals surface area contributed by atoms with Crippen molar-refractivity contribution in [3.63, 3.8) is 0 Å². The summed E-state index contributed by atoms with van der Waals surface area (Å²) in [6, 6.07) is 3.98. The fourth-order valence-corrected chi connectivity index (χ4v) is 1.56. The van der Waals surface area contributed by atoms with Crippen molar-refractivity contribution >= 4 is 5.97 Å². The normalized spacial score (nSPS) is 10.2. The van der Waals surface area contributed by atoms with Crippen molar-refractivity contribution in [1.29, 1.82) is 0 Å². The van der Waals surface area contributed by atoms with Crippen LogP contribution in [0.3, 0.4) is 0 Å². The van der Waals surface area contributed by atoms with Crippen molar-refractivity contribution in [3.05, 3.63) is 35.3 Å². The van der Waals surface area contributed by atoms with E-state index in [0.29, 0.717) is 12.3 Å². The van der Waals surface area contributed by atoms with Crippen LogP contribution in [0.1, 0.15) is 36.3 Å². The number of aromatic amines is 1. The van der Waals surface area contributed by atoms with Gasteiger partial charge in [0.15, 0.2) is 0 Å². The SMILES string of the molecule is CC(C)CC#Cc1cc(Oc2[nH]nnc2C(=O)O)ccc1F. The molecule has 1 heterocycles. The topological polar surface area (TPSA) is 88.1 Å². The molecule has 0 aliphatic heterocycles. The maximum atomic E-state index is 13.7. The number of nitrogens with one attached hydrogen (secondary N) is 1. The van der Waals surface area contributed by atoms with E-state index >= 15 is 0 Å². The Morgan fingerprint density at radius 2 is 2.27 bits per heavy atom. The molecule has 2 aromatic rings. The fourth-order valence-electron chi connectivity index (χ4n) is 1.56. The molecule has 22 heavy (non-hydrogen) atoms. The van der Waals surface area contributed by atoms with Gasteiger partial charge in [-0.1, -0.05) is 30.9 Å². The highest BCUT2D eigenvalue weighted by Crippen LogP contribution is 2.23. The molecule has 0 aliphatic carbocycles. The Kier molecular flexibility index (Phi) is 4.73. The third-order valence-corrected chi connectivity index (χ3v) is 2.61. The monoisotopic (exact) mass is 303 g/mol. The second-order valence-electron chi connectivity index (χ2n) is 4.94. The average Bonchev–Trinajstić information content (AvgIpc) is 2.90. The zero-order valence-corrected chi connectivity index (χ0v) is 12.1. The Bertz CT molecular complexity index is 744. The third-order valence-electron chi connectivity index (χ3n) is 2.61. The molecular formula is C15H14FN3O3. The predicted molar refractivity (Wildman–Crippen MR) is 76.1 cm³/mol. The van der Waals surface area contributed by atoms with Crippen LogP contribution in [0.15, 0.2) is 18.2 Å². The van der Waals surface area contributed by atoms with Gasteiger partial charge in [0.25, 0.3) is 5.88 Å². The van der Waals surface area contributed by atoms with Crippen molar-refractivity contribution in [1.82, 2.24) is 15.4 Å². The van der Waals surface area contributed by atoms with Gasteiger partial charge in [-0.05, 0) is 24.1 Å². The molecule has 0 atom stereocenters.